The Hall–Kier alpha value is -0.370. The maximum atomic E-state index is 12.0. The summed E-state index contributed by atoms with van der Waals surface area (Å²) in [6, 6.07) is 0.123. The van der Waals surface area contributed by atoms with Crippen LogP contribution in [0.2, 0.25) is 0 Å². The fourth-order valence-electron chi connectivity index (χ4n) is 4.31. The summed E-state index contributed by atoms with van der Waals surface area (Å²) in [5.41, 5.74) is 0.721. The molecule has 2 saturated carbocycles. The third kappa shape index (κ3) is 3.81. The summed E-state index contributed by atoms with van der Waals surface area (Å²) >= 11 is 0. The van der Waals surface area contributed by atoms with Crippen molar-refractivity contribution in [1.82, 2.24) is 5.32 Å². The van der Waals surface area contributed by atoms with E-state index in [0.29, 0.717) is 12.2 Å². The van der Waals surface area contributed by atoms with E-state index in [-0.39, 0.29) is 6.04 Å². The van der Waals surface area contributed by atoms with Gasteiger partial charge in [0.1, 0.15) is 5.78 Å². The lowest BCUT2D eigenvalue weighted by molar-refractivity contribution is -0.121. The van der Waals surface area contributed by atoms with E-state index in [2.05, 4.69) is 12.2 Å². The summed E-state index contributed by atoms with van der Waals surface area (Å²) in [7, 11) is 0. The monoisotopic (exact) mass is 265 g/mol. The number of carbonyl (C=O) groups is 1. The maximum absolute atomic E-state index is 12.0. The number of Topliss-reactive ketones (excluding diaryl/α,β-unsaturated/α-hetero) is 1. The van der Waals surface area contributed by atoms with E-state index in [4.69, 9.17) is 0 Å². The quantitative estimate of drug-likeness (QED) is 0.784. The molecule has 0 aromatic heterocycles. The summed E-state index contributed by atoms with van der Waals surface area (Å²) < 4.78 is 0. The molecule has 19 heavy (non-hydrogen) atoms. The number of hydrogen-bond acceptors (Lipinski definition) is 2. The molecule has 2 nitrogen and oxygen atoms in total. The van der Waals surface area contributed by atoms with Gasteiger partial charge in [-0.1, -0.05) is 26.7 Å². The molecule has 0 aromatic rings. The van der Waals surface area contributed by atoms with Gasteiger partial charge in [-0.05, 0) is 62.8 Å². The van der Waals surface area contributed by atoms with Crippen LogP contribution in [0.15, 0.2) is 0 Å². The molecular formula is C17H31NO. The first-order valence-corrected chi connectivity index (χ1v) is 8.45. The van der Waals surface area contributed by atoms with Gasteiger partial charge in [0.25, 0.3) is 0 Å². The van der Waals surface area contributed by atoms with Gasteiger partial charge in [0.15, 0.2) is 0 Å². The van der Waals surface area contributed by atoms with Gasteiger partial charge in [0, 0.05) is 6.42 Å². The second-order valence-corrected chi connectivity index (χ2v) is 6.82. The van der Waals surface area contributed by atoms with Crippen molar-refractivity contribution in [2.75, 3.05) is 6.54 Å². The smallest absolute Gasteiger partial charge is 0.149 e. The molecule has 2 aliphatic carbocycles. The molecule has 0 amide bonds. The van der Waals surface area contributed by atoms with Crippen molar-refractivity contribution in [3.63, 3.8) is 0 Å². The number of ketones is 1. The van der Waals surface area contributed by atoms with Crippen molar-refractivity contribution in [3.8, 4) is 0 Å². The molecule has 0 heterocycles. The molecule has 2 aliphatic rings. The minimum absolute atomic E-state index is 0.123. The lowest BCUT2D eigenvalue weighted by Gasteiger charge is -2.38. The standard InChI is InChI=1S/C17H31NO/c1-3-16(19)15(18-4-2)13-14-7-11-17(12-8-14)9-5-6-10-17/h14-15,18H,3-13H2,1-2H3. The van der Waals surface area contributed by atoms with Crippen LogP contribution in [0.5, 0.6) is 0 Å². The lowest BCUT2D eigenvalue weighted by Crippen LogP contribution is -2.39. The first kappa shape index (κ1) is 15.0. The van der Waals surface area contributed by atoms with Crippen molar-refractivity contribution in [2.45, 2.75) is 84.1 Å². The number of likely N-dealkylation sites (N-methyl/N-ethyl adjacent to an activating group) is 1. The molecule has 0 bridgehead atoms. The Labute approximate surface area is 118 Å². The van der Waals surface area contributed by atoms with E-state index in [1.165, 1.54) is 51.4 Å². The zero-order valence-electron chi connectivity index (χ0n) is 12.8. The van der Waals surface area contributed by atoms with Gasteiger partial charge < -0.3 is 5.32 Å². The van der Waals surface area contributed by atoms with Gasteiger partial charge in [0.2, 0.25) is 0 Å². The predicted octanol–water partition coefficient (Wildman–Crippen LogP) is 4.08. The molecule has 1 unspecified atom stereocenters. The van der Waals surface area contributed by atoms with Crippen LogP contribution in [-0.2, 0) is 4.79 Å². The predicted molar refractivity (Wildman–Crippen MR) is 80.2 cm³/mol. The SMILES string of the molecule is CCNC(CC1CCC2(CCCC2)CC1)C(=O)CC. The van der Waals surface area contributed by atoms with Crippen molar-refractivity contribution in [2.24, 2.45) is 11.3 Å². The van der Waals surface area contributed by atoms with Crippen molar-refractivity contribution < 1.29 is 4.79 Å². The van der Waals surface area contributed by atoms with Gasteiger partial charge in [-0.25, -0.2) is 0 Å². The number of rotatable bonds is 6. The highest BCUT2D eigenvalue weighted by atomic mass is 16.1. The summed E-state index contributed by atoms with van der Waals surface area (Å²) in [5.74, 6) is 1.19. The molecule has 0 aromatic carbocycles. The Morgan fingerprint density at radius 1 is 1.16 bits per heavy atom. The second kappa shape index (κ2) is 6.88. The van der Waals surface area contributed by atoms with Gasteiger partial charge in [-0.2, -0.15) is 0 Å². The molecule has 0 radical (unpaired) electrons. The molecule has 0 aliphatic heterocycles. The molecule has 1 atom stereocenters. The van der Waals surface area contributed by atoms with Gasteiger partial charge in [-0.3, -0.25) is 4.79 Å². The third-order valence-electron chi connectivity index (χ3n) is 5.59. The topological polar surface area (TPSA) is 29.1 Å². The van der Waals surface area contributed by atoms with E-state index in [9.17, 15) is 4.79 Å². The van der Waals surface area contributed by atoms with Gasteiger partial charge in [-0.15, -0.1) is 0 Å². The van der Waals surface area contributed by atoms with Crippen LogP contribution in [0, 0.1) is 11.3 Å². The molecule has 2 heteroatoms. The molecule has 0 saturated heterocycles. The normalized spacial score (nSPS) is 24.7. The minimum Gasteiger partial charge on any atom is -0.308 e. The van der Waals surface area contributed by atoms with Crippen LogP contribution in [0.3, 0.4) is 0 Å². The molecule has 1 spiro atoms. The highest BCUT2D eigenvalue weighted by Gasteiger charge is 2.38. The van der Waals surface area contributed by atoms with E-state index in [1.54, 1.807) is 0 Å². The van der Waals surface area contributed by atoms with Crippen LogP contribution < -0.4 is 5.32 Å². The summed E-state index contributed by atoms with van der Waals surface area (Å²) in [4.78, 5) is 12.0. The van der Waals surface area contributed by atoms with E-state index in [1.807, 2.05) is 6.92 Å². The Morgan fingerprint density at radius 3 is 2.32 bits per heavy atom. The minimum atomic E-state index is 0.123. The molecule has 1 N–H and O–H groups in total. The molecule has 110 valence electrons. The maximum Gasteiger partial charge on any atom is 0.149 e. The summed E-state index contributed by atoms with van der Waals surface area (Å²) in [6.45, 7) is 5.00. The summed E-state index contributed by atoms with van der Waals surface area (Å²) in [5, 5.41) is 3.39. The number of nitrogens with one attached hydrogen (secondary N) is 1. The van der Waals surface area contributed by atoms with E-state index >= 15 is 0 Å². The average Bonchev–Trinajstić information content (AvgIpc) is 2.88. The molecule has 2 rings (SSSR count). The lowest BCUT2D eigenvalue weighted by atomic mass is 9.68. The van der Waals surface area contributed by atoms with Gasteiger partial charge in [0.05, 0.1) is 6.04 Å². The largest absolute Gasteiger partial charge is 0.308 e. The van der Waals surface area contributed by atoms with Crippen LogP contribution in [-0.4, -0.2) is 18.4 Å². The molecular weight excluding hydrogens is 234 g/mol. The van der Waals surface area contributed by atoms with Crippen LogP contribution in [0.4, 0.5) is 0 Å². The van der Waals surface area contributed by atoms with E-state index in [0.717, 1.165) is 24.3 Å². The van der Waals surface area contributed by atoms with Gasteiger partial charge >= 0.3 is 0 Å². The Bertz CT molecular complexity index is 284. The van der Waals surface area contributed by atoms with E-state index < -0.39 is 0 Å². The Balaban J connectivity index is 1.81. The number of carbonyl (C=O) groups excluding carboxylic acids is 1. The second-order valence-electron chi connectivity index (χ2n) is 6.82. The van der Waals surface area contributed by atoms with Crippen molar-refractivity contribution in [3.05, 3.63) is 0 Å². The first-order chi connectivity index (χ1) is 9.19. The highest BCUT2D eigenvalue weighted by Crippen LogP contribution is 2.50. The highest BCUT2D eigenvalue weighted by molar-refractivity contribution is 5.83. The average molecular weight is 265 g/mol. The third-order valence-corrected chi connectivity index (χ3v) is 5.59. The van der Waals surface area contributed by atoms with Crippen LogP contribution in [0.1, 0.15) is 78.1 Å². The van der Waals surface area contributed by atoms with Crippen molar-refractivity contribution >= 4 is 5.78 Å². The zero-order chi connectivity index (χ0) is 13.7. The molecule has 2 fully saturated rings. The van der Waals surface area contributed by atoms with Crippen molar-refractivity contribution in [1.29, 1.82) is 0 Å². The number of hydrogen-bond donors (Lipinski definition) is 1. The fourth-order valence-corrected chi connectivity index (χ4v) is 4.31. The Morgan fingerprint density at radius 2 is 1.79 bits per heavy atom. The Kier molecular flexibility index (Phi) is 5.44. The first-order valence-electron chi connectivity index (χ1n) is 8.45. The summed E-state index contributed by atoms with van der Waals surface area (Å²) in [6.07, 6.45) is 13.2. The van der Waals surface area contributed by atoms with Crippen LogP contribution in [0.25, 0.3) is 0 Å². The fraction of sp³-hybridized carbons (Fsp3) is 0.941. The van der Waals surface area contributed by atoms with Crippen LogP contribution >= 0.6 is 0 Å². The zero-order valence-corrected chi connectivity index (χ0v) is 12.8.